The van der Waals surface area contributed by atoms with E-state index in [4.69, 9.17) is 27.9 Å². The summed E-state index contributed by atoms with van der Waals surface area (Å²) in [5.41, 5.74) is -1.89. The first kappa shape index (κ1) is 44.7. The molecule has 6 aliphatic rings. The van der Waals surface area contributed by atoms with E-state index in [9.17, 15) is 48.7 Å². The van der Waals surface area contributed by atoms with Gasteiger partial charge in [-0.05, 0) is 84.9 Å². The molecule has 4 saturated carbocycles. The van der Waals surface area contributed by atoms with E-state index in [1.807, 2.05) is 13.8 Å². The van der Waals surface area contributed by atoms with Crippen LogP contribution in [0.5, 0.6) is 0 Å². The van der Waals surface area contributed by atoms with Crippen LogP contribution in [0.2, 0.25) is 0 Å². The van der Waals surface area contributed by atoms with Gasteiger partial charge < -0.3 is 59.4 Å². The maximum absolute atomic E-state index is 12.6. The number of methoxy groups -OCH3 is 1. The highest BCUT2D eigenvalue weighted by Crippen LogP contribution is 2.69. The third-order valence-electron chi connectivity index (χ3n) is 15.1. The van der Waals surface area contributed by atoms with E-state index in [0.717, 1.165) is 19.3 Å². The Hall–Kier alpha value is -0.870. The molecule has 2 saturated heterocycles. The summed E-state index contributed by atoms with van der Waals surface area (Å²) in [6.45, 7) is 9.84. The lowest BCUT2D eigenvalue weighted by Crippen LogP contribution is -2.68. The number of rotatable bonds is 12. The normalized spacial score (nSPS) is 50.1. The highest BCUT2D eigenvalue weighted by Gasteiger charge is 2.70. The van der Waals surface area contributed by atoms with Gasteiger partial charge in [-0.2, -0.15) is 8.42 Å². The minimum absolute atomic E-state index is 0.0334. The Morgan fingerprint density at radius 1 is 0.821 bits per heavy atom. The van der Waals surface area contributed by atoms with Gasteiger partial charge in [0.15, 0.2) is 12.6 Å². The van der Waals surface area contributed by atoms with Crippen molar-refractivity contribution in [3.8, 4) is 0 Å². The molecule has 2 aliphatic heterocycles. The smallest absolute Gasteiger partial charge is 0.393 e. The van der Waals surface area contributed by atoms with Gasteiger partial charge in [0.1, 0.15) is 36.6 Å². The topological polar surface area (TPSA) is 251 Å². The largest absolute Gasteiger partial charge is 0.397 e. The average molecular weight is 823 g/mol. The van der Waals surface area contributed by atoms with Gasteiger partial charge in [-0.15, -0.1) is 0 Å². The summed E-state index contributed by atoms with van der Waals surface area (Å²) in [7, 11) is -3.81. The van der Waals surface area contributed by atoms with Crippen LogP contribution in [0.3, 0.4) is 0 Å². The fraction of sp³-hybridized carbons (Fsp3) is 0.949. The quantitative estimate of drug-likeness (QED) is 0.101. The Morgan fingerprint density at radius 3 is 2.16 bits per heavy atom. The minimum Gasteiger partial charge on any atom is -0.393 e. The third kappa shape index (κ3) is 8.40. The molecule has 56 heavy (non-hydrogen) atoms. The second-order valence-corrected chi connectivity index (χ2v) is 19.6. The standard InChI is InChI=1S/C39H66O16S/c1-19(21(3)16-51-35-33(31(28(44)18-52-35)55-56(47,48)49)54-36-32(50-6)30(45)27(43)17-53-36)7-8-20(2)23-14-25(41)34-38(23,5)12-10-29-37(4)11-9-22(40)13-24(37)26(42)15-39(29,34)46/h7-8,19-36,40-46H,9-18H2,1-6H3,(H,47,48,49)/b8-7+/t19-,20?,21-,22?,23?,24?,25?,26?,27-,28-,29?,30?,31?,32?,33?,34?,35?,36+,37+,38-,39?/m1/s1. The zero-order valence-corrected chi connectivity index (χ0v) is 34.2. The highest BCUT2D eigenvalue weighted by atomic mass is 32.3. The molecule has 8 N–H and O–H groups in total. The Labute approximate surface area is 330 Å². The molecule has 14 unspecified atom stereocenters. The molecule has 0 aromatic carbocycles. The SMILES string of the molecule is COC1C(O)[C@H](O)CO[C@H]1OC1C(OC[C@@H](C)[C@H](C)/C=C/C(C)C2CC(O)C3C4(O)CC(O)C5CC(O)CC[C@]5(C)C4CC[C@]23C)OC[C@@H](O)C1OS(=O)(=O)O. The van der Waals surface area contributed by atoms with Crippen LogP contribution >= 0.6 is 0 Å². The fourth-order valence-electron chi connectivity index (χ4n) is 12.0. The summed E-state index contributed by atoms with van der Waals surface area (Å²) in [5, 5.41) is 77.3. The molecule has 17 heteroatoms. The molecular weight excluding hydrogens is 756 g/mol. The van der Waals surface area contributed by atoms with Gasteiger partial charge in [0.05, 0.1) is 43.7 Å². The van der Waals surface area contributed by atoms with Crippen LogP contribution in [-0.2, 0) is 38.3 Å². The van der Waals surface area contributed by atoms with Gasteiger partial charge in [-0.3, -0.25) is 4.55 Å². The molecule has 0 spiro atoms. The van der Waals surface area contributed by atoms with Crippen LogP contribution < -0.4 is 0 Å². The average Bonchev–Trinajstić information content (AvgIpc) is 3.40. The predicted molar refractivity (Wildman–Crippen MR) is 198 cm³/mol. The highest BCUT2D eigenvalue weighted by molar-refractivity contribution is 7.80. The van der Waals surface area contributed by atoms with E-state index in [0.29, 0.717) is 19.3 Å². The van der Waals surface area contributed by atoms with Crippen molar-refractivity contribution in [3.05, 3.63) is 12.2 Å². The van der Waals surface area contributed by atoms with E-state index < -0.39 is 90.1 Å². The molecule has 16 nitrogen and oxygen atoms in total. The Bertz CT molecular complexity index is 1480. The number of ether oxygens (including phenoxy) is 5. The molecule has 0 amide bonds. The number of aliphatic hydroxyl groups excluding tert-OH is 6. The van der Waals surface area contributed by atoms with Crippen molar-refractivity contribution in [2.45, 2.75) is 153 Å². The van der Waals surface area contributed by atoms with Crippen LogP contribution in [0, 0.1) is 52.3 Å². The number of allylic oxidation sites excluding steroid dienone is 2. The maximum atomic E-state index is 12.6. The first-order valence-electron chi connectivity index (χ1n) is 20.3. The number of hydrogen-bond donors (Lipinski definition) is 8. The van der Waals surface area contributed by atoms with Gasteiger partial charge in [0.25, 0.3) is 0 Å². The zero-order valence-electron chi connectivity index (χ0n) is 33.4. The van der Waals surface area contributed by atoms with Crippen molar-refractivity contribution in [1.82, 2.24) is 0 Å². The molecule has 4 aliphatic carbocycles. The van der Waals surface area contributed by atoms with Crippen molar-refractivity contribution >= 4 is 10.4 Å². The van der Waals surface area contributed by atoms with Gasteiger partial charge in [-0.25, -0.2) is 4.18 Å². The lowest BCUT2D eigenvalue weighted by atomic mass is 9.42. The molecule has 0 aromatic rings. The Kier molecular flexibility index (Phi) is 13.5. The zero-order chi connectivity index (χ0) is 41.1. The molecule has 0 aromatic heterocycles. The summed E-state index contributed by atoms with van der Waals surface area (Å²) in [6.07, 6.45) is -4.61. The van der Waals surface area contributed by atoms with Crippen LogP contribution in [0.25, 0.3) is 0 Å². The van der Waals surface area contributed by atoms with Crippen molar-refractivity contribution in [3.63, 3.8) is 0 Å². The first-order chi connectivity index (χ1) is 26.1. The summed E-state index contributed by atoms with van der Waals surface area (Å²) >= 11 is 0. The number of aliphatic hydroxyl groups is 7. The Balaban J connectivity index is 1.11. The first-order valence-corrected chi connectivity index (χ1v) is 21.7. The van der Waals surface area contributed by atoms with Gasteiger partial charge >= 0.3 is 10.4 Å². The monoisotopic (exact) mass is 822 g/mol. The van der Waals surface area contributed by atoms with Gasteiger partial charge in [-0.1, -0.05) is 46.8 Å². The number of hydrogen-bond acceptors (Lipinski definition) is 15. The fourth-order valence-corrected chi connectivity index (χ4v) is 12.5. The van der Waals surface area contributed by atoms with Gasteiger partial charge in [0, 0.05) is 19.4 Å². The lowest BCUT2D eigenvalue weighted by molar-refractivity contribution is -0.344. The van der Waals surface area contributed by atoms with Crippen LogP contribution in [0.15, 0.2) is 12.2 Å². The Morgan fingerprint density at radius 2 is 1.48 bits per heavy atom. The van der Waals surface area contributed by atoms with Crippen molar-refractivity contribution in [1.29, 1.82) is 0 Å². The minimum atomic E-state index is -5.07. The summed E-state index contributed by atoms with van der Waals surface area (Å²) < 4.78 is 66.4. The lowest BCUT2D eigenvalue weighted by Gasteiger charge is -2.66. The molecule has 324 valence electrons. The maximum Gasteiger partial charge on any atom is 0.397 e. The second kappa shape index (κ2) is 16.9. The second-order valence-electron chi connectivity index (χ2n) is 18.5. The van der Waals surface area contributed by atoms with Crippen LogP contribution in [0.4, 0.5) is 0 Å². The van der Waals surface area contributed by atoms with Gasteiger partial charge in [0.2, 0.25) is 0 Å². The summed E-state index contributed by atoms with van der Waals surface area (Å²) in [4.78, 5) is 0. The van der Waals surface area contributed by atoms with Crippen molar-refractivity contribution in [2.24, 2.45) is 52.3 Å². The summed E-state index contributed by atoms with van der Waals surface area (Å²) in [5.74, 6) is -0.558. The molecule has 6 rings (SSSR count). The van der Waals surface area contributed by atoms with Crippen LogP contribution in [-0.4, -0.2) is 149 Å². The van der Waals surface area contributed by atoms with E-state index in [-0.39, 0.29) is 71.9 Å². The van der Waals surface area contributed by atoms with Crippen molar-refractivity contribution in [2.75, 3.05) is 26.9 Å². The molecule has 0 bridgehead atoms. The molecule has 2 heterocycles. The van der Waals surface area contributed by atoms with E-state index >= 15 is 0 Å². The van der Waals surface area contributed by atoms with E-state index in [1.165, 1.54) is 7.11 Å². The van der Waals surface area contributed by atoms with Crippen molar-refractivity contribution < 1.29 is 76.6 Å². The molecule has 6 fully saturated rings. The predicted octanol–water partition coefficient (Wildman–Crippen LogP) is 0.927. The molecule has 21 atom stereocenters. The third-order valence-corrected chi connectivity index (χ3v) is 15.6. The molecular formula is C39H66O16S. The molecule has 0 radical (unpaired) electrons. The van der Waals surface area contributed by atoms with E-state index in [2.05, 4.69) is 32.9 Å². The number of fused-ring (bicyclic) bond motifs is 5. The summed E-state index contributed by atoms with van der Waals surface area (Å²) in [6, 6.07) is 0. The van der Waals surface area contributed by atoms with E-state index in [1.54, 1.807) is 0 Å². The van der Waals surface area contributed by atoms with Crippen LogP contribution in [0.1, 0.15) is 79.6 Å².